The summed E-state index contributed by atoms with van der Waals surface area (Å²) in [5.41, 5.74) is 15.5. The van der Waals surface area contributed by atoms with Crippen LogP contribution in [-0.4, -0.2) is 18.3 Å². The van der Waals surface area contributed by atoms with E-state index in [0.717, 1.165) is 88.5 Å². The number of nitriles is 1. The van der Waals surface area contributed by atoms with Gasteiger partial charge in [-0.05, 0) is 103 Å². The lowest BCUT2D eigenvalue weighted by molar-refractivity contribution is 1.13. The van der Waals surface area contributed by atoms with E-state index in [1.807, 2.05) is 30.3 Å². The fraction of sp³-hybridized carbons (Fsp3) is 0. The molecule has 0 bridgehead atoms. The van der Waals surface area contributed by atoms with Crippen molar-refractivity contribution in [3.63, 3.8) is 0 Å². The molecule has 68 heavy (non-hydrogen) atoms. The monoisotopic (exact) mass is 864 g/mol. The van der Waals surface area contributed by atoms with Gasteiger partial charge in [-0.15, -0.1) is 0 Å². The van der Waals surface area contributed by atoms with Gasteiger partial charge in [0, 0.05) is 76.9 Å². The third kappa shape index (κ3) is 5.37. The third-order valence-corrected chi connectivity index (χ3v) is 14.0. The SMILES string of the molecule is [C-]#[N+]c1ccc2c3ccccc3n(-c3ccc(C#N)c(-c4cc(-n5c6ccccc6c6ccccc65)cc(-n5c6ccccc6c6cc(-n7c8ccccc8c8ccccc87)ccc65)c4)c3)c2c1. The van der Waals surface area contributed by atoms with Crippen molar-refractivity contribution < 1.29 is 0 Å². The second-order valence-electron chi connectivity index (χ2n) is 17.5. The van der Waals surface area contributed by atoms with Gasteiger partial charge in [-0.2, -0.15) is 5.26 Å². The highest BCUT2D eigenvalue weighted by Gasteiger charge is 2.21. The number of rotatable bonds is 5. The number of nitrogens with zero attached hydrogens (tertiary/aromatic N) is 6. The van der Waals surface area contributed by atoms with Crippen LogP contribution >= 0.6 is 0 Å². The molecule has 0 fully saturated rings. The van der Waals surface area contributed by atoms with Crippen LogP contribution in [-0.2, 0) is 0 Å². The number of hydrogen-bond donors (Lipinski definition) is 0. The number of benzene rings is 10. The van der Waals surface area contributed by atoms with E-state index >= 15 is 0 Å². The van der Waals surface area contributed by atoms with Crippen molar-refractivity contribution in [1.29, 1.82) is 5.26 Å². The maximum absolute atomic E-state index is 10.9. The number of aromatic nitrogens is 4. The fourth-order valence-electron chi connectivity index (χ4n) is 11.1. The molecule has 0 aliphatic heterocycles. The summed E-state index contributed by atoms with van der Waals surface area (Å²) in [7, 11) is 0. The molecule has 4 heterocycles. The first-order valence-corrected chi connectivity index (χ1v) is 22.8. The van der Waals surface area contributed by atoms with Gasteiger partial charge in [0.25, 0.3) is 0 Å². The lowest BCUT2D eigenvalue weighted by Crippen LogP contribution is -2.01. The first kappa shape index (κ1) is 37.7. The molecule has 14 aromatic rings. The Bertz CT molecular complexity index is 4430. The standard InChI is InChI=1S/C62H36N6/c1-64-41-27-30-52-50-18-6-10-22-57(50)66(62(52)34-41)42-28-26-39(38-63)53(36-42)40-32-44(67-58-23-11-4-16-48(58)49-17-5-12-24-59(49)67)35-45(33-40)68-60-25-13-7-19-51(60)54-37-43(29-31-61(54)68)65-55-20-8-2-14-46(55)47-15-3-9-21-56(47)65/h2-37H. The Morgan fingerprint density at radius 2 is 0.706 bits per heavy atom. The summed E-state index contributed by atoms with van der Waals surface area (Å²) in [6.07, 6.45) is 0. The summed E-state index contributed by atoms with van der Waals surface area (Å²) in [5, 5.41) is 20.2. The molecule has 0 aliphatic rings. The fourth-order valence-corrected chi connectivity index (χ4v) is 11.1. The summed E-state index contributed by atoms with van der Waals surface area (Å²) in [6, 6.07) is 79.8. The largest absolute Gasteiger partial charge is 0.310 e. The Hall–Kier alpha value is -9.62. The van der Waals surface area contributed by atoms with Crippen molar-refractivity contribution in [3.05, 3.63) is 235 Å². The zero-order valence-electron chi connectivity index (χ0n) is 36.5. The van der Waals surface area contributed by atoms with E-state index in [0.29, 0.717) is 11.3 Å². The number of fused-ring (bicyclic) bond motifs is 12. The molecule has 0 saturated heterocycles. The third-order valence-electron chi connectivity index (χ3n) is 14.0. The van der Waals surface area contributed by atoms with Gasteiger partial charge in [-0.25, -0.2) is 4.85 Å². The van der Waals surface area contributed by atoms with E-state index in [2.05, 4.69) is 217 Å². The van der Waals surface area contributed by atoms with Crippen LogP contribution in [0.1, 0.15) is 5.56 Å². The molecule has 10 aromatic carbocycles. The highest BCUT2D eigenvalue weighted by Crippen LogP contribution is 2.42. The van der Waals surface area contributed by atoms with Crippen LogP contribution in [0.5, 0.6) is 0 Å². The molecule has 314 valence electrons. The molecule has 0 aliphatic carbocycles. The van der Waals surface area contributed by atoms with E-state index < -0.39 is 0 Å². The number of para-hydroxylation sites is 6. The molecule has 0 spiro atoms. The Morgan fingerprint density at radius 3 is 1.18 bits per heavy atom. The van der Waals surface area contributed by atoms with Crippen molar-refractivity contribution in [3.8, 4) is 39.9 Å². The average molecular weight is 865 g/mol. The first-order valence-electron chi connectivity index (χ1n) is 22.8. The smallest absolute Gasteiger partial charge is 0.189 e. The maximum Gasteiger partial charge on any atom is 0.189 e. The molecule has 0 atom stereocenters. The summed E-state index contributed by atoms with van der Waals surface area (Å²) < 4.78 is 9.35. The van der Waals surface area contributed by atoms with Crippen molar-refractivity contribution in [2.75, 3.05) is 0 Å². The highest BCUT2D eigenvalue weighted by molar-refractivity contribution is 6.14. The van der Waals surface area contributed by atoms with Gasteiger partial charge in [0.05, 0.1) is 56.8 Å². The van der Waals surface area contributed by atoms with E-state index in [4.69, 9.17) is 6.57 Å². The molecule has 0 amide bonds. The van der Waals surface area contributed by atoms with Gasteiger partial charge in [-0.1, -0.05) is 121 Å². The molecule has 0 saturated carbocycles. The minimum atomic E-state index is 0.569. The van der Waals surface area contributed by atoms with Gasteiger partial charge >= 0.3 is 0 Å². The molecule has 14 rings (SSSR count). The summed E-state index contributed by atoms with van der Waals surface area (Å²) in [6.45, 7) is 7.86. The first-order chi connectivity index (χ1) is 33.6. The molecular formula is C62H36N6. The molecule has 6 nitrogen and oxygen atoms in total. The minimum absolute atomic E-state index is 0.569. The number of hydrogen-bond acceptors (Lipinski definition) is 1. The second kappa shape index (κ2) is 14.4. The molecular weight excluding hydrogens is 829 g/mol. The van der Waals surface area contributed by atoms with E-state index in [-0.39, 0.29) is 0 Å². The lowest BCUT2D eigenvalue weighted by Gasteiger charge is -2.17. The second-order valence-corrected chi connectivity index (χ2v) is 17.5. The van der Waals surface area contributed by atoms with Crippen molar-refractivity contribution >= 4 is 92.9 Å². The van der Waals surface area contributed by atoms with Gasteiger partial charge in [0.15, 0.2) is 5.69 Å². The lowest BCUT2D eigenvalue weighted by atomic mass is 9.98. The Kier molecular flexibility index (Phi) is 8.01. The van der Waals surface area contributed by atoms with Crippen LogP contribution in [0.3, 0.4) is 0 Å². The zero-order chi connectivity index (χ0) is 45.0. The summed E-state index contributed by atoms with van der Waals surface area (Å²) in [5.74, 6) is 0. The predicted molar refractivity (Wildman–Crippen MR) is 280 cm³/mol. The Labute approximate surface area is 390 Å². The average Bonchev–Trinajstić information content (AvgIpc) is 4.13. The summed E-state index contributed by atoms with van der Waals surface area (Å²) in [4.78, 5) is 3.80. The molecule has 0 unspecified atom stereocenters. The Balaban J connectivity index is 1.06. The van der Waals surface area contributed by atoms with Gasteiger partial charge in [0.2, 0.25) is 0 Å². The topological polar surface area (TPSA) is 47.9 Å². The minimum Gasteiger partial charge on any atom is -0.310 e. The summed E-state index contributed by atoms with van der Waals surface area (Å²) >= 11 is 0. The van der Waals surface area contributed by atoms with Gasteiger partial charge in [-0.3, -0.25) is 0 Å². The van der Waals surface area contributed by atoms with Gasteiger partial charge in [0.1, 0.15) is 0 Å². The Morgan fingerprint density at radius 1 is 0.324 bits per heavy atom. The van der Waals surface area contributed by atoms with Crippen molar-refractivity contribution in [1.82, 2.24) is 18.3 Å². The van der Waals surface area contributed by atoms with Crippen molar-refractivity contribution in [2.45, 2.75) is 0 Å². The zero-order valence-corrected chi connectivity index (χ0v) is 36.5. The predicted octanol–water partition coefficient (Wildman–Crippen LogP) is 16.2. The van der Waals surface area contributed by atoms with Crippen LogP contribution in [0, 0.1) is 17.9 Å². The normalized spacial score (nSPS) is 11.8. The van der Waals surface area contributed by atoms with E-state index in [9.17, 15) is 5.26 Å². The molecule has 4 aromatic heterocycles. The molecule has 6 heteroatoms. The van der Waals surface area contributed by atoms with Crippen molar-refractivity contribution in [2.24, 2.45) is 0 Å². The maximum atomic E-state index is 10.9. The van der Waals surface area contributed by atoms with E-state index in [1.165, 1.54) is 32.6 Å². The van der Waals surface area contributed by atoms with Crippen LogP contribution in [0.2, 0.25) is 0 Å². The van der Waals surface area contributed by atoms with Crippen LogP contribution in [0.25, 0.3) is 126 Å². The molecule has 0 radical (unpaired) electrons. The highest BCUT2D eigenvalue weighted by atomic mass is 15.0. The van der Waals surface area contributed by atoms with Crippen LogP contribution in [0.4, 0.5) is 5.69 Å². The van der Waals surface area contributed by atoms with Gasteiger partial charge < -0.3 is 18.3 Å². The van der Waals surface area contributed by atoms with E-state index in [1.54, 1.807) is 0 Å². The van der Waals surface area contributed by atoms with Crippen LogP contribution < -0.4 is 0 Å². The molecule has 0 N–H and O–H groups in total. The van der Waals surface area contributed by atoms with Crippen LogP contribution in [0.15, 0.2) is 218 Å². The quantitative estimate of drug-likeness (QED) is 0.159.